The first-order valence-corrected chi connectivity index (χ1v) is 6.63. The molecule has 6 heteroatoms. The second-order valence-electron chi connectivity index (χ2n) is 3.37. The molecular formula is C9H9BrFNO2S. The van der Waals surface area contributed by atoms with Gasteiger partial charge in [-0.3, -0.25) is 0 Å². The molecule has 1 aromatic rings. The fraction of sp³-hybridized carbons (Fsp3) is 0.333. The predicted octanol–water partition coefficient (Wildman–Crippen LogP) is 1.79. The smallest absolute Gasteiger partial charge is 0.243 e. The summed E-state index contributed by atoms with van der Waals surface area (Å²) >= 11 is 3.22. The van der Waals surface area contributed by atoms with Crippen LogP contribution in [0.25, 0.3) is 0 Å². The summed E-state index contributed by atoms with van der Waals surface area (Å²) in [5, 5.41) is 0. The molecule has 1 saturated heterocycles. The number of hydrogen-bond acceptors (Lipinski definition) is 2. The highest BCUT2D eigenvalue weighted by atomic mass is 79.9. The van der Waals surface area contributed by atoms with Gasteiger partial charge < -0.3 is 0 Å². The minimum Gasteiger partial charge on any atom is -0.245 e. The van der Waals surface area contributed by atoms with Gasteiger partial charge in [0.25, 0.3) is 0 Å². The molecule has 1 aliphatic heterocycles. The van der Waals surface area contributed by atoms with Crippen molar-refractivity contribution in [3.63, 3.8) is 0 Å². The Balaban J connectivity index is 2.26. The zero-order valence-corrected chi connectivity index (χ0v) is 10.1. The van der Waals surface area contributed by atoms with Crippen LogP contribution >= 0.6 is 15.9 Å². The Bertz CT molecular complexity index is 454. The van der Waals surface area contributed by atoms with Crippen molar-refractivity contribution in [3.8, 4) is 0 Å². The summed E-state index contributed by atoms with van der Waals surface area (Å²) in [5.41, 5.74) is 0. The van der Waals surface area contributed by atoms with E-state index in [0.29, 0.717) is 0 Å². The lowest BCUT2D eigenvalue weighted by Gasteiger charge is -2.33. The van der Waals surface area contributed by atoms with Crippen molar-refractivity contribution < 1.29 is 12.8 Å². The quantitative estimate of drug-likeness (QED) is 0.834. The van der Waals surface area contributed by atoms with E-state index in [1.54, 1.807) is 12.1 Å². The third-order valence-corrected chi connectivity index (χ3v) is 4.63. The highest BCUT2D eigenvalue weighted by Crippen LogP contribution is 2.23. The SMILES string of the molecule is O=S(=O)(c1ccc(Br)cc1)N1CC(F)C1. The van der Waals surface area contributed by atoms with Crippen LogP contribution in [0.3, 0.4) is 0 Å². The summed E-state index contributed by atoms with van der Waals surface area (Å²) in [6.07, 6.45) is -1.02. The first kappa shape index (κ1) is 11.0. The maximum absolute atomic E-state index is 12.6. The highest BCUT2D eigenvalue weighted by molar-refractivity contribution is 9.10. The van der Waals surface area contributed by atoms with Gasteiger partial charge in [-0.05, 0) is 24.3 Å². The molecule has 0 aromatic heterocycles. The van der Waals surface area contributed by atoms with Crippen molar-refractivity contribution in [1.82, 2.24) is 4.31 Å². The van der Waals surface area contributed by atoms with Gasteiger partial charge in [-0.1, -0.05) is 15.9 Å². The lowest BCUT2D eigenvalue weighted by atomic mass is 10.3. The summed E-state index contributed by atoms with van der Waals surface area (Å²) in [5.74, 6) is 0. The molecular weight excluding hydrogens is 285 g/mol. The Labute approximate surface area is 96.1 Å². The number of rotatable bonds is 2. The Morgan fingerprint density at radius 1 is 1.27 bits per heavy atom. The number of nitrogens with zero attached hydrogens (tertiary/aromatic N) is 1. The molecule has 0 saturated carbocycles. The molecule has 1 aliphatic rings. The number of sulfonamides is 1. The lowest BCUT2D eigenvalue weighted by Crippen LogP contribution is -2.51. The molecule has 2 rings (SSSR count). The van der Waals surface area contributed by atoms with Gasteiger partial charge in [0, 0.05) is 17.6 Å². The van der Waals surface area contributed by atoms with Crippen molar-refractivity contribution in [2.24, 2.45) is 0 Å². The average molecular weight is 294 g/mol. The maximum atomic E-state index is 12.6. The standard InChI is InChI=1S/C9H9BrFNO2S/c10-7-1-3-9(4-2-7)15(13,14)12-5-8(11)6-12/h1-4,8H,5-6H2. The third-order valence-electron chi connectivity index (χ3n) is 2.25. The van der Waals surface area contributed by atoms with E-state index >= 15 is 0 Å². The number of benzene rings is 1. The highest BCUT2D eigenvalue weighted by Gasteiger charge is 2.36. The van der Waals surface area contributed by atoms with Gasteiger partial charge in [0.1, 0.15) is 6.17 Å². The minimum absolute atomic E-state index is 0.0294. The van der Waals surface area contributed by atoms with E-state index in [9.17, 15) is 12.8 Å². The summed E-state index contributed by atoms with van der Waals surface area (Å²) < 4.78 is 38.1. The van der Waals surface area contributed by atoms with E-state index < -0.39 is 16.2 Å². The van der Waals surface area contributed by atoms with Crippen LogP contribution in [0.2, 0.25) is 0 Å². The molecule has 1 aromatic carbocycles. The second-order valence-corrected chi connectivity index (χ2v) is 6.23. The molecule has 0 N–H and O–H groups in total. The number of alkyl halides is 1. The van der Waals surface area contributed by atoms with Crippen LogP contribution in [0.4, 0.5) is 4.39 Å². The molecule has 0 bridgehead atoms. The van der Waals surface area contributed by atoms with Crippen LogP contribution in [-0.2, 0) is 10.0 Å². The molecule has 0 amide bonds. The first-order valence-electron chi connectivity index (χ1n) is 4.40. The second kappa shape index (κ2) is 3.84. The number of halogens is 2. The van der Waals surface area contributed by atoms with Crippen LogP contribution in [0.15, 0.2) is 33.6 Å². The van der Waals surface area contributed by atoms with Crippen LogP contribution in [0.1, 0.15) is 0 Å². The fourth-order valence-corrected chi connectivity index (χ4v) is 3.10. The van der Waals surface area contributed by atoms with Crippen LogP contribution in [-0.4, -0.2) is 32.0 Å². The molecule has 1 fully saturated rings. The van der Waals surface area contributed by atoms with E-state index in [4.69, 9.17) is 0 Å². The third kappa shape index (κ3) is 2.07. The van der Waals surface area contributed by atoms with E-state index in [1.807, 2.05) is 0 Å². The molecule has 15 heavy (non-hydrogen) atoms. The molecule has 0 aliphatic carbocycles. The van der Waals surface area contributed by atoms with Crippen molar-refractivity contribution in [2.75, 3.05) is 13.1 Å². The molecule has 0 radical (unpaired) electrons. The van der Waals surface area contributed by atoms with Gasteiger partial charge in [0.15, 0.2) is 0 Å². The normalized spacial score (nSPS) is 18.8. The molecule has 0 spiro atoms. The van der Waals surface area contributed by atoms with Gasteiger partial charge in [0.05, 0.1) is 4.90 Å². The molecule has 3 nitrogen and oxygen atoms in total. The molecule has 0 atom stereocenters. The summed E-state index contributed by atoms with van der Waals surface area (Å²) in [4.78, 5) is 0.206. The van der Waals surface area contributed by atoms with Crippen molar-refractivity contribution in [2.45, 2.75) is 11.1 Å². The zero-order chi connectivity index (χ0) is 11.1. The largest absolute Gasteiger partial charge is 0.245 e. The predicted molar refractivity (Wildman–Crippen MR) is 57.8 cm³/mol. The Morgan fingerprint density at radius 2 is 1.80 bits per heavy atom. The Morgan fingerprint density at radius 3 is 2.27 bits per heavy atom. The van der Waals surface area contributed by atoms with Crippen LogP contribution in [0, 0.1) is 0 Å². The lowest BCUT2D eigenvalue weighted by molar-refractivity contribution is 0.141. The van der Waals surface area contributed by atoms with E-state index in [1.165, 1.54) is 12.1 Å². The topological polar surface area (TPSA) is 37.4 Å². The van der Waals surface area contributed by atoms with Crippen molar-refractivity contribution in [3.05, 3.63) is 28.7 Å². The van der Waals surface area contributed by atoms with Crippen LogP contribution < -0.4 is 0 Å². The summed E-state index contributed by atoms with van der Waals surface area (Å²) in [7, 11) is -3.48. The monoisotopic (exact) mass is 293 g/mol. The van der Waals surface area contributed by atoms with Gasteiger partial charge in [-0.15, -0.1) is 0 Å². The number of hydrogen-bond donors (Lipinski definition) is 0. The summed E-state index contributed by atoms with van der Waals surface area (Å²) in [6, 6.07) is 6.31. The van der Waals surface area contributed by atoms with Crippen LogP contribution in [0.5, 0.6) is 0 Å². The van der Waals surface area contributed by atoms with Gasteiger partial charge in [0.2, 0.25) is 10.0 Å². The maximum Gasteiger partial charge on any atom is 0.243 e. The van der Waals surface area contributed by atoms with E-state index in [2.05, 4.69) is 15.9 Å². The molecule has 1 heterocycles. The molecule has 0 unspecified atom stereocenters. The fourth-order valence-electron chi connectivity index (χ4n) is 1.34. The average Bonchev–Trinajstić information content (AvgIpc) is 2.13. The van der Waals surface area contributed by atoms with Gasteiger partial charge >= 0.3 is 0 Å². The minimum atomic E-state index is -3.48. The Kier molecular flexibility index (Phi) is 2.83. The van der Waals surface area contributed by atoms with Crippen molar-refractivity contribution in [1.29, 1.82) is 0 Å². The van der Waals surface area contributed by atoms with E-state index in [0.717, 1.165) is 8.78 Å². The molecule has 82 valence electrons. The summed E-state index contributed by atoms with van der Waals surface area (Å²) in [6.45, 7) is -0.0587. The van der Waals surface area contributed by atoms with Crippen molar-refractivity contribution >= 4 is 26.0 Å². The Hall–Kier alpha value is -0.460. The van der Waals surface area contributed by atoms with Gasteiger partial charge in [-0.25, -0.2) is 12.8 Å². The van der Waals surface area contributed by atoms with Gasteiger partial charge in [-0.2, -0.15) is 4.31 Å². The van der Waals surface area contributed by atoms with E-state index in [-0.39, 0.29) is 18.0 Å². The zero-order valence-electron chi connectivity index (χ0n) is 7.73. The first-order chi connectivity index (χ1) is 7.00.